The lowest BCUT2D eigenvalue weighted by atomic mass is 9.70. The van der Waals surface area contributed by atoms with Gasteiger partial charge in [-0.25, -0.2) is 13.2 Å². The van der Waals surface area contributed by atoms with E-state index in [1.54, 1.807) is 0 Å². The molecule has 2 aromatic rings. The van der Waals surface area contributed by atoms with Gasteiger partial charge in [0, 0.05) is 9.52 Å². The lowest BCUT2D eigenvalue weighted by Crippen LogP contribution is -2.28. The van der Waals surface area contributed by atoms with Crippen LogP contribution >= 0.6 is 0 Å². The fraction of sp³-hybridized carbons (Fsp3) is 0.400. The summed E-state index contributed by atoms with van der Waals surface area (Å²) in [5.41, 5.74) is 3.52. The van der Waals surface area contributed by atoms with Crippen molar-refractivity contribution in [3.63, 3.8) is 0 Å². The molecule has 1 aliphatic rings. The molecule has 0 radical (unpaired) electrons. The van der Waals surface area contributed by atoms with E-state index in [0.717, 1.165) is 17.7 Å². The van der Waals surface area contributed by atoms with Crippen LogP contribution in [0.5, 0.6) is 0 Å². The normalized spacial score (nSPS) is 24.6. The molecule has 0 amide bonds. The molecular formula is C20H23F3Si. The van der Waals surface area contributed by atoms with Crippen LogP contribution in [-0.2, 0) is 5.41 Å². The van der Waals surface area contributed by atoms with E-state index in [0.29, 0.717) is 11.1 Å². The van der Waals surface area contributed by atoms with Gasteiger partial charge in [0.15, 0.2) is 17.5 Å². The monoisotopic (exact) mass is 348 g/mol. The Kier molecular flexibility index (Phi) is 4.86. The molecule has 0 nitrogen and oxygen atoms in total. The average Bonchev–Trinajstić information content (AvgIpc) is 2.60. The molecule has 4 heteroatoms. The molecule has 1 saturated carbocycles. The van der Waals surface area contributed by atoms with Gasteiger partial charge in [-0.1, -0.05) is 56.1 Å². The third-order valence-corrected chi connectivity index (χ3v) is 7.66. The van der Waals surface area contributed by atoms with Crippen molar-refractivity contribution in [3.8, 4) is 11.1 Å². The number of benzene rings is 2. The second-order valence-electron chi connectivity index (χ2n) is 7.24. The number of hydrogen-bond donors (Lipinski definition) is 0. The summed E-state index contributed by atoms with van der Waals surface area (Å²) < 4.78 is 39.9. The van der Waals surface area contributed by atoms with Crippen molar-refractivity contribution >= 4 is 9.52 Å². The summed E-state index contributed by atoms with van der Waals surface area (Å²) in [5.74, 6) is -3.72. The van der Waals surface area contributed by atoms with E-state index in [2.05, 4.69) is 25.6 Å². The van der Waals surface area contributed by atoms with Gasteiger partial charge >= 0.3 is 0 Å². The topological polar surface area (TPSA) is 0 Å². The highest BCUT2D eigenvalue weighted by atomic mass is 28.2. The van der Waals surface area contributed by atoms with Gasteiger partial charge < -0.3 is 0 Å². The van der Waals surface area contributed by atoms with Crippen LogP contribution in [0.25, 0.3) is 11.1 Å². The van der Waals surface area contributed by atoms with Gasteiger partial charge in [-0.05, 0) is 47.1 Å². The molecule has 0 N–H and O–H groups in total. The zero-order chi connectivity index (χ0) is 17.3. The fourth-order valence-electron chi connectivity index (χ4n) is 3.80. The minimum Gasteiger partial charge on any atom is -0.204 e. The van der Waals surface area contributed by atoms with E-state index in [9.17, 15) is 13.2 Å². The highest BCUT2D eigenvalue weighted by Crippen LogP contribution is 2.43. The second kappa shape index (κ2) is 6.75. The van der Waals surface area contributed by atoms with Crippen molar-refractivity contribution < 1.29 is 13.2 Å². The minimum atomic E-state index is -1.42. The van der Waals surface area contributed by atoms with E-state index < -0.39 is 17.5 Å². The van der Waals surface area contributed by atoms with Gasteiger partial charge in [-0.15, -0.1) is 0 Å². The number of hydrogen-bond acceptors (Lipinski definition) is 0. The SMILES string of the molecule is C[SiH2]C1CCC(C)(c2ccc(-c3cc(F)c(F)c(F)c3)cc2)CC1. The van der Waals surface area contributed by atoms with Crippen molar-refractivity contribution in [2.24, 2.45) is 0 Å². The first kappa shape index (κ1) is 17.3. The molecule has 128 valence electrons. The quantitative estimate of drug-likeness (QED) is 0.500. The van der Waals surface area contributed by atoms with Gasteiger partial charge in [0.1, 0.15) is 0 Å². The van der Waals surface area contributed by atoms with Crippen molar-refractivity contribution in [1.29, 1.82) is 0 Å². The van der Waals surface area contributed by atoms with Crippen molar-refractivity contribution in [2.45, 2.75) is 50.1 Å². The van der Waals surface area contributed by atoms with Gasteiger partial charge in [-0.2, -0.15) is 0 Å². The van der Waals surface area contributed by atoms with Gasteiger partial charge in [0.05, 0.1) is 0 Å². The van der Waals surface area contributed by atoms with E-state index in [-0.39, 0.29) is 14.9 Å². The first-order valence-electron chi connectivity index (χ1n) is 8.68. The first-order chi connectivity index (χ1) is 11.4. The zero-order valence-corrected chi connectivity index (χ0v) is 15.6. The van der Waals surface area contributed by atoms with Gasteiger partial charge in [0.2, 0.25) is 0 Å². The van der Waals surface area contributed by atoms with Crippen molar-refractivity contribution in [1.82, 2.24) is 0 Å². The molecular weight excluding hydrogens is 325 g/mol. The number of halogens is 3. The zero-order valence-electron chi connectivity index (χ0n) is 14.2. The van der Waals surface area contributed by atoms with Crippen LogP contribution in [0.15, 0.2) is 36.4 Å². The molecule has 0 saturated heterocycles. The van der Waals surface area contributed by atoms with Crippen LogP contribution in [0.4, 0.5) is 13.2 Å². The molecule has 0 spiro atoms. The lowest BCUT2D eigenvalue weighted by molar-refractivity contribution is 0.319. The smallest absolute Gasteiger partial charge is 0.194 e. The molecule has 2 aromatic carbocycles. The highest BCUT2D eigenvalue weighted by molar-refractivity contribution is 6.35. The summed E-state index contributed by atoms with van der Waals surface area (Å²) in [6, 6.07) is 9.97. The Bertz CT molecular complexity index is 693. The van der Waals surface area contributed by atoms with Crippen LogP contribution < -0.4 is 0 Å². The molecule has 0 aliphatic heterocycles. The molecule has 0 heterocycles. The van der Waals surface area contributed by atoms with Crippen molar-refractivity contribution in [3.05, 3.63) is 59.4 Å². The highest BCUT2D eigenvalue weighted by Gasteiger charge is 2.31. The Morgan fingerprint density at radius 1 is 0.917 bits per heavy atom. The van der Waals surface area contributed by atoms with E-state index in [4.69, 9.17) is 0 Å². The molecule has 0 aromatic heterocycles. The van der Waals surface area contributed by atoms with E-state index in [1.165, 1.54) is 31.2 Å². The molecule has 0 atom stereocenters. The molecule has 1 fully saturated rings. The third kappa shape index (κ3) is 3.29. The summed E-state index contributed by atoms with van der Waals surface area (Å²) in [5, 5.41) is 0. The van der Waals surface area contributed by atoms with Crippen LogP contribution in [-0.4, -0.2) is 9.52 Å². The van der Waals surface area contributed by atoms with Gasteiger partial charge in [0.25, 0.3) is 0 Å². The molecule has 1 aliphatic carbocycles. The Hall–Kier alpha value is -1.55. The van der Waals surface area contributed by atoms with E-state index >= 15 is 0 Å². The predicted octanol–water partition coefficient (Wildman–Crippen LogP) is 5.61. The molecule has 0 unspecified atom stereocenters. The molecule has 3 rings (SSSR count). The Balaban J connectivity index is 1.84. The largest absolute Gasteiger partial charge is 0.204 e. The van der Waals surface area contributed by atoms with Crippen LogP contribution in [0.2, 0.25) is 12.1 Å². The van der Waals surface area contributed by atoms with Crippen molar-refractivity contribution in [2.75, 3.05) is 0 Å². The van der Waals surface area contributed by atoms with Gasteiger partial charge in [-0.3, -0.25) is 0 Å². The van der Waals surface area contributed by atoms with Crippen LogP contribution in [0.3, 0.4) is 0 Å². The predicted molar refractivity (Wildman–Crippen MR) is 95.7 cm³/mol. The lowest BCUT2D eigenvalue weighted by Gasteiger charge is -2.37. The maximum Gasteiger partial charge on any atom is 0.194 e. The number of rotatable bonds is 3. The summed E-state index contributed by atoms with van der Waals surface area (Å²) in [4.78, 5) is 0. The molecule has 0 bridgehead atoms. The van der Waals surface area contributed by atoms with Crippen LogP contribution in [0.1, 0.15) is 38.2 Å². The Morgan fingerprint density at radius 2 is 1.46 bits per heavy atom. The average molecular weight is 348 g/mol. The Labute approximate surface area is 143 Å². The summed E-state index contributed by atoms with van der Waals surface area (Å²) >= 11 is 0. The third-order valence-electron chi connectivity index (χ3n) is 5.69. The Morgan fingerprint density at radius 3 is 1.96 bits per heavy atom. The summed E-state index contributed by atoms with van der Waals surface area (Å²) in [6.07, 6.45) is 5.04. The summed E-state index contributed by atoms with van der Waals surface area (Å²) in [7, 11) is 0.0854. The standard InChI is InChI=1S/C20H23F3Si/c1-20(9-7-16(24-2)8-10-20)15-5-3-13(4-6-15)14-11-17(21)19(23)18(22)12-14/h3-6,11-12,16H,7-10,24H2,1-2H3. The maximum absolute atomic E-state index is 13.4. The first-order valence-corrected chi connectivity index (χ1v) is 10.9. The molecule has 24 heavy (non-hydrogen) atoms. The van der Waals surface area contributed by atoms with E-state index in [1.807, 2.05) is 12.1 Å². The fourth-order valence-corrected chi connectivity index (χ4v) is 5.02. The maximum atomic E-state index is 13.4. The minimum absolute atomic E-state index is 0.0854. The summed E-state index contributed by atoms with van der Waals surface area (Å²) in [6.45, 7) is 4.70. The second-order valence-corrected chi connectivity index (χ2v) is 9.21. The van der Waals surface area contributed by atoms with Crippen LogP contribution in [0, 0.1) is 17.5 Å².